The molecule has 0 bridgehead atoms. The highest BCUT2D eigenvalue weighted by molar-refractivity contribution is 7.97. The Bertz CT molecular complexity index is 1200. The van der Waals surface area contributed by atoms with E-state index in [1.54, 1.807) is 18.2 Å². The van der Waals surface area contributed by atoms with Crippen LogP contribution in [-0.4, -0.2) is 8.76 Å². The molecule has 0 aliphatic carbocycles. The normalized spacial score (nSPS) is 11.6. The van der Waals surface area contributed by atoms with Gasteiger partial charge < -0.3 is 4.55 Å². The molecule has 5 aromatic rings. The SMILES string of the molecule is O=S([O-])c1ccc2ccccc2c1.c1ccc([S+](c2ccccc2)c2ccccc2)cc1. The lowest BCUT2D eigenvalue weighted by atomic mass is 10.1. The van der Waals surface area contributed by atoms with Crippen LogP contribution in [0.25, 0.3) is 10.8 Å². The van der Waals surface area contributed by atoms with Crippen LogP contribution < -0.4 is 0 Å². The lowest BCUT2D eigenvalue weighted by Gasteiger charge is -2.07. The zero-order valence-electron chi connectivity index (χ0n) is 17.3. The fourth-order valence-corrected chi connectivity index (χ4v) is 5.86. The quantitative estimate of drug-likeness (QED) is 0.220. The van der Waals surface area contributed by atoms with Gasteiger partial charge in [0, 0.05) is 4.90 Å². The van der Waals surface area contributed by atoms with Gasteiger partial charge in [-0.15, -0.1) is 0 Å². The van der Waals surface area contributed by atoms with Crippen molar-refractivity contribution in [2.45, 2.75) is 19.6 Å². The number of rotatable bonds is 4. The predicted molar refractivity (Wildman–Crippen MR) is 133 cm³/mol. The summed E-state index contributed by atoms with van der Waals surface area (Å²) in [6, 6.07) is 44.9. The van der Waals surface area contributed by atoms with Gasteiger partial charge in [0.2, 0.25) is 0 Å². The molecule has 0 aliphatic rings. The minimum atomic E-state index is -2.13. The third-order valence-corrected chi connectivity index (χ3v) is 7.72. The first-order valence-electron chi connectivity index (χ1n) is 10.2. The highest BCUT2D eigenvalue weighted by Gasteiger charge is 2.27. The molecule has 1 atom stereocenters. The van der Waals surface area contributed by atoms with Crippen LogP contribution >= 0.6 is 0 Å². The van der Waals surface area contributed by atoms with Gasteiger partial charge in [0.05, 0.1) is 10.9 Å². The summed E-state index contributed by atoms with van der Waals surface area (Å²) in [7, 11) is -0.0146. The Morgan fingerprint density at radius 1 is 0.500 bits per heavy atom. The van der Waals surface area contributed by atoms with Crippen LogP contribution in [0.15, 0.2) is 153 Å². The standard InChI is InChI=1S/C18H15S.C10H8O2S/c1-4-10-16(11-5-1)19(17-12-6-2-7-13-17)18-14-8-3-9-15-18;11-13(12)10-6-5-8-3-1-2-4-9(8)7-10/h1-15H;1-7H,(H,11,12)/q+1;/p-1. The molecule has 0 radical (unpaired) electrons. The maximum Gasteiger partial charge on any atom is 0.166 e. The number of hydrogen-bond acceptors (Lipinski definition) is 2. The summed E-state index contributed by atoms with van der Waals surface area (Å²) in [6.07, 6.45) is 0. The smallest absolute Gasteiger partial charge is 0.166 e. The summed E-state index contributed by atoms with van der Waals surface area (Å²) in [5, 5.41) is 2.00. The van der Waals surface area contributed by atoms with Crippen LogP contribution in [-0.2, 0) is 22.0 Å². The Morgan fingerprint density at radius 3 is 1.34 bits per heavy atom. The molecular weight excluding hydrogens is 432 g/mol. The van der Waals surface area contributed by atoms with Gasteiger partial charge in [0.15, 0.2) is 14.7 Å². The maximum atomic E-state index is 10.6. The van der Waals surface area contributed by atoms with E-state index in [-0.39, 0.29) is 10.9 Å². The van der Waals surface area contributed by atoms with Crippen LogP contribution in [0.4, 0.5) is 0 Å². The Hall–Kier alpha value is -3.18. The van der Waals surface area contributed by atoms with Gasteiger partial charge in [0.25, 0.3) is 0 Å². The zero-order valence-corrected chi connectivity index (χ0v) is 19.0. The van der Waals surface area contributed by atoms with Gasteiger partial charge in [0.1, 0.15) is 0 Å². The van der Waals surface area contributed by atoms with Crippen molar-refractivity contribution in [3.05, 3.63) is 133 Å². The van der Waals surface area contributed by atoms with Crippen molar-refractivity contribution in [3.8, 4) is 0 Å². The minimum absolute atomic E-state index is 0.0146. The minimum Gasteiger partial charge on any atom is -0.768 e. The lowest BCUT2D eigenvalue weighted by molar-refractivity contribution is 0.537. The second kappa shape index (κ2) is 10.9. The van der Waals surface area contributed by atoms with Crippen molar-refractivity contribution >= 4 is 32.7 Å². The molecule has 32 heavy (non-hydrogen) atoms. The summed E-state index contributed by atoms with van der Waals surface area (Å²) in [5.41, 5.74) is 0. The predicted octanol–water partition coefficient (Wildman–Crippen LogP) is 6.86. The van der Waals surface area contributed by atoms with Crippen LogP contribution in [0, 0.1) is 0 Å². The van der Waals surface area contributed by atoms with E-state index in [9.17, 15) is 8.76 Å². The number of hydrogen-bond donors (Lipinski definition) is 0. The summed E-state index contributed by atoms with van der Waals surface area (Å²) < 4.78 is 21.3. The summed E-state index contributed by atoms with van der Waals surface area (Å²) in [5.74, 6) is 0. The molecule has 0 aliphatic heterocycles. The van der Waals surface area contributed by atoms with Crippen molar-refractivity contribution in [2.24, 2.45) is 0 Å². The monoisotopic (exact) mass is 454 g/mol. The van der Waals surface area contributed by atoms with Crippen LogP contribution in [0.5, 0.6) is 0 Å². The lowest BCUT2D eigenvalue weighted by Crippen LogP contribution is -2.04. The highest BCUT2D eigenvalue weighted by Crippen LogP contribution is 2.30. The fourth-order valence-electron chi connectivity index (χ4n) is 3.35. The van der Waals surface area contributed by atoms with Crippen LogP contribution in [0.1, 0.15) is 0 Å². The van der Waals surface area contributed by atoms with Gasteiger partial charge in [-0.1, -0.05) is 84.9 Å². The molecule has 0 heterocycles. The van der Waals surface area contributed by atoms with E-state index in [0.717, 1.165) is 10.8 Å². The van der Waals surface area contributed by atoms with Gasteiger partial charge in [-0.2, -0.15) is 0 Å². The van der Waals surface area contributed by atoms with Crippen molar-refractivity contribution < 1.29 is 8.76 Å². The molecule has 0 N–H and O–H groups in total. The van der Waals surface area contributed by atoms with E-state index in [1.807, 2.05) is 24.3 Å². The van der Waals surface area contributed by atoms with Gasteiger partial charge >= 0.3 is 0 Å². The summed E-state index contributed by atoms with van der Waals surface area (Å²) in [6.45, 7) is 0. The van der Waals surface area contributed by atoms with E-state index >= 15 is 0 Å². The van der Waals surface area contributed by atoms with E-state index in [2.05, 4.69) is 91.0 Å². The highest BCUT2D eigenvalue weighted by atomic mass is 32.2. The van der Waals surface area contributed by atoms with Crippen molar-refractivity contribution in [1.82, 2.24) is 0 Å². The molecule has 4 heteroatoms. The van der Waals surface area contributed by atoms with E-state index in [4.69, 9.17) is 0 Å². The first-order chi connectivity index (χ1) is 15.7. The topological polar surface area (TPSA) is 40.1 Å². The third-order valence-electron chi connectivity index (χ3n) is 4.85. The molecule has 0 saturated heterocycles. The Morgan fingerprint density at radius 2 is 0.906 bits per heavy atom. The van der Waals surface area contributed by atoms with E-state index in [1.165, 1.54) is 14.7 Å². The van der Waals surface area contributed by atoms with Gasteiger partial charge in [-0.25, -0.2) is 0 Å². The number of benzene rings is 5. The molecule has 2 nitrogen and oxygen atoms in total. The second-order valence-electron chi connectivity index (χ2n) is 6.99. The molecule has 0 saturated carbocycles. The first-order valence-corrected chi connectivity index (χ1v) is 12.5. The largest absolute Gasteiger partial charge is 0.768 e. The molecule has 5 rings (SSSR count). The fraction of sp³-hybridized carbons (Fsp3) is 0. The Labute approximate surface area is 194 Å². The van der Waals surface area contributed by atoms with Gasteiger partial charge in [-0.05, 0) is 70.4 Å². The van der Waals surface area contributed by atoms with Crippen LogP contribution in [0.2, 0.25) is 0 Å². The van der Waals surface area contributed by atoms with Crippen molar-refractivity contribution in [3.63, 3.8) is 0 Å². The zero-order chi connectivity index (χ0) is 22.2. The Kier molecular flexibility index (Phi) is 7.51. The molecule has 0 amide bonds. The number of fused-ring (bicyclic) bond motifs is 1. The van der Waals surface area contributed by atoms with Crippen LogP contribution in [0.3, 0.4) is 0 Å². The molecule has 0 spiro atoms. The summed E-state index contributed by atoms with van der Waals surface area (Å²) in [4.78, 5) is 4.42. The maximum absolute atomic E-state index is 10.6. The molecular formula is C28H22O2S2. The molecule has 5 aromatic carbocycles. The van der Waals surface area contributed by atoms with Crippen molar-refractivity contribution in [1.29, 1.82) is 0 Å². The molecule has 0 aromatic heterocycles. The third kappa shape index (κ3) is 5.54. The molecule has 1 unspecified atom stereocenters. The van der Waals surface area contributed by atoms with E-state index in [0.29, 0.717) is 4.90 Å². The molecule has 158 valence electrons. The van der Waals surface area contributed by atoms with Crippen molar-refractivity contribution in [2.75, 3.05) is 0 Å². The Balaban J connectivity index is 0.000000165. The molecule has 0 fully saturated rings. The summed E-state index contributed by atoms with van der Waals surface area (Å²) >= 11 is -2.13. The first kappa shape index (κ1) is 22.0. The van der Waals surface area contributed by atoms with Gasteiger partial charge in [-0.3, -0.25) is 4.21 Å². The average Bonchev–Trinajstić information content (AvgIpc) is 2.86. The second-order valence-corrected chi connectivity index (χ2v) is 9.96. The average molecular weight is 455 g/mol. The van der Waals surface area contributed by atoms with E-state index < -0.39 is 11.1 Å².